The van der Waals surface area contributed by atoms with Gasteiger partial charge in [0.05, 0.1) is 5.56 Å². The Morgan fingerprint density at radius 1 is 1.44 bits per heavy atom. The molecule has 2 unspecified atom stereocenters. The Labute approximate surface area is 104 Å². The summed E-state index contributed by atoms with van der Waals surface area (Å²) in [7, 11) is 0. The first-order valence-corrected chi connectivity index (χ1v) is 5.92. The van der Waals surface area contributed by atoms with E-state index in [1.165, 1.54) is 12.3 Å². The molecule has 2 heterocycles. The predicted molar refractivity (Wildman–Crippen MR) is 63.2 cm³/mol. The Hall–Kier alpha value is -1.30. The lowest BCUT2D eigenvalue weighted by Crippen LogP contribution is -2.46. The maximum Gasteiger partial charge on any atom is 0.419 e. The molecule has 0 bridgehead atoms. The van der Waals surface area contributed by atoms with Crippen LogP contribution in [0.4, 0.5) is 19.0 Å². The van der Waals surface area contributed by atoms with Gasteiger partial charge >= 0.3 is 6.18 Å². The third-order valence-electron chi connectivity index (χ3n) is 3.36. The lowest BCUT2D eigenvalue weighted by molar-refractivity contribution is -0.137. The Morgan fingerprint density at radius 2 is 2.17 bits per heavy atom. The molecule has 1 aliphatic heterocycles. The molecule has 0 aromatic carbocycles. The lowest BCUT2D eigenvalue weighted by atomic mass is 9.94. The molecule has 2 N–H and O–H groups in total. The normalized spacial score (nSPS) is 25.3. The van der Waals surface area contributed by atoms with Crippen molar-refractivity contribution in [3.8, 4) is 0 Å². The Bertz CT molecular complexity index is 419. The molecule has 1 aromatic rings. The SMILES string of the molecule is CC1CN(c2ncccc2C(F)(F)F)CCC1N. The largest absolute Gasteiger partial charge is 0.419 e. The molecule has 2 rings (SSSR count). The molecule has 100 valence electrons. The van der Waals surface area contributed by atoms with Crippen LogP contribution in [0.3, 0.4) is 0 Å². The first-order chi connectivity index (χ1) is 8.39. The smallest absolute Gasteiger partial charge is 0.356 e. The Kier molecular flexibility index (Phi) is 3.47. The minimum Gasteiger partial charge on any atom is -0.356 e. The second-order valence-electron chi connectivity index (χ2n) is 4.75. The monoisotopic (exact) mass is 259 g/mol. The van der Waals surface area contributed by atoms with Crippen molar-refractivity contribution in [1.29, 1.82) is 0 Å². The van der Waals surface area contributed by atoms with Crippen molar-refractivity contribution in [2.24, 2.45) is 11.7 Å². The van der Waals surface area contributed by atoms with Crippen molar-refractivity contribution in [1.82, 2.24) is 4.98 Å². The number of nitrogens with two attached hydrogens (primary N) is 1. The van der Waals surface area contributed by atoms with Gasteiger partial charge in [0.1, 0.15) is 5.82 Å². The van der Waals surface area contributed by atoms with Gasteiger partial charge in [0.2, 0.25) is 0 Å². The van der Waals surface area contributed by atoms with Gasteiger partial charge in [-0.3, -0.25) is 0 Å². The fourth-order valence-corrected chi connectivity index (χ4v) is 2.23. The van der Waals surface area contributed by atoms with Crippen LogP contribution in [0, 0.1) is 5.92 Å². The first kappa shape index (κ1) is 13.1. The number of pyridine rings is 1. The highest BCUT2D eigenvalue weighted by atomic mass is 19.4. The van der Waals surface area contributed by atoms with E-state index in [2.05, 4.69) is 4.98 Å². The quantitative estimate of drug-likeness (QED) is 0.841. The van der Waals surface area contributed by atoms with Crippen LogP contribution in [-0.2, 0) is 6.18 Å². The second-order valence-corrected chi connectivity index (χ2v) is 4.75. The van der Waals surface area contributed by atoms with Crippen LogP contribution in [0.2, 0.25) is 0 Å². The molecular weight excluding hydrogens is 243 g/mol. The standard InChI is InChI=1S/C12H16F3N3/c1-8-7-18(6-4-10(8)16)11-9(12(13,14)15)3-2-5-17-11/h2-3,5,8,10H,4,6-7,16H2,1H3. The molecule has 0 radical (unpaired) electrons. The third-order valence-corrected chi connectivity index (χ3v) is 3.36. The molecule has 18 heavy (non-hydrogen) atoms. The van der Waals surface area contributed by atoms with Crippen molar-refractivity contribution >= 4 is 5.82 Å². The predicted octanol–water partition coefficient (Wildman–Crippen LogP) is 2.27. The Balaban J connectivity index is 2.29. The van der Waals surface area contributed by atoms with Crippen LogP contribution in [0.25, 0.3) is 0 Å². The summed E-state index contributed by atoms with van der Waals surface area (Å²) < 4.78 is 38.7. The molecule has 1 fully saturated rings. The Morgan fingerprint density at radius 3 is 2.78 bits per heavy atom. The summed E-state index contributed by atoms with van der Waals surface area (Å²) in [6, 6.07) is 2.44. The molecule has 2 atom stereocenters. The van der Waals surface area contributed by atoms with Gasteiger partial charge in [-0.1, -0.05) is 6.92 Å². The first-order valence-electron chi connectivity index (χ1n) is 5.92. The molecule has 1 saturated heterocycles. The molecular formula is C12H16F3N3. The third kappa shape index (κ3) is 2.58. The number of nitrogens with zero attached hydrogens (tertiary/aromatic N) is 2. The van der Waals surface area contributed by atoms with Gasteiger partial charge in [-0.05, 0) is 24.5 Å². The summed E-state index contributed by atoms with van der Waals surface area (Å²) in [5, 5.41) is 0. The van der Waals surface area contributed by atoms with E-state index in [9.17, 15) is 13.2 Å². The molecule has 1 aromatic heterocycles. The van der Waals surface area contributed by atoms with Crippen molar-refractivity contribution in [3.05, 3.63) is 23.9 Å². The highest BCUT2D eigenvalue weighted by molar-refractivity contribution is 5.48. The van der Waals surface area contributed by atoms with Gasteiger partial charge in [0.25, 0.3) is 0 Å². The van der Waals surface area contributed by atoms with E-state index < -0.39 is 11.7 Å². The van der Waals surface area contributed by atoms with E-state index in [0.717, 1.165) is 6.07 Å². The van der Waals surface area contributed by atoms with E-state index >= 15 is 0 Å². The van der Waals surface area contributed by atoms with Crippen molar-refractivity contribution < 1.29 is 13.2 Å². The number of hydrogen-bond donors (Lipinski definition) is 1. The van der Waals surface area contributed by atoms with E-state index in [-0.39, 0.29) is 17.8 Å². The van der Waals surface area contributed by atoms with Gasteiger partial charge in [-0.2, -0.15) is 13.2 Å². The highest BCUT2D eigenvalue weighted by Crippen LogP contribution is 2.36. The number of anilines is 1. The summed E-state index contributed by atoms with van der Waals surface area (Å²) in [4.78, 5) is 5.57. The van der Waals surface area contributed by atoms with Gasteiger partial charge in [0, 0.05) is 25.3 Å². The summed E-state index contributed by atoms with van der Waals surface area (Å²) in [6.45, 7) is 2.99. The van der Waals surface area contributed by atoms with Crippen LogP contribution >= 0.6 is 0 Å². The molecule has 0 spiro atoms. The van der Waals surface area contributed by atoms with Crippen LogP contribution in [0.15, 0.2) is 18.3 Å². The van der Waals surface area contributed by atoms with E-state index in [1.807, 2.05) is 6.92 Å². The van der Waals surface area contributed by atoms with Crippen molar-refractivity contribution in [2.75, 3.05) is 18.0 Å². The summed E-state index contributed by atoms with van der Waals surface area (Å²) in [5.41, 5.74) is 5.20. The summed E-state index contributed by atoms with van der Waals surface area (Å²) >= 11 is 0. The fraction of sp³-hybridized carbons (Fsp3) is 0.583. The number of aromatic nitrogens is 1. The topological polar surface area (TPSA) is 42.2 Å². The maximum atomic E-state index is 12.9. The van der Waals surface area contributed by atoms with Crippen LogP contribution < -0.4 is 10.6 Å². The van der Waals surface area contributed by atoms with Gasteiger partial charge in [0.15, 0.2) is 0 Å². The van der Waals surface area contributed by atoms with Gasteiger partial charge in [-0.15, -0.1) is 0 Å². The summed E-state index contributed by atoms with van der Waals surface area (Å²) in [5.74, 6) is 0.186. The summed E-state index contributed by atoms with van der Waals surface area (Å²) in [6.07, 6.45) is -2.29. The molecule has 3 nitrogen and oxygen atoms in total. The zero-order chi connectivity index (χ0) is 13.3. The lowest BCUT2D eigenvalue weighted by Gasteiger charge is -2.36. The van der Waals surface area contributed by atoms with E-state index in [0.29, 0.717) is 19.5 Å². The van der Waals surface area contributed by atoms with Gasteiger partial charge < -0.3 is 10.6 Å². The van der Waals surface area contributed by atoms with Crippen molar-refractivity contribution in [3.63, 3.8) is 0 Å². The number of piperidine rings is 1. The number of rotatable bonds is 1. The van der Waals surface area contributed by atoms with Crippen molar-refractivity contribution in [2.45, 2.75) is 25.6 Å². The number of halogens is 3. The van der Waals surface area contributed by atoms with Crippen LogP contribution in [0.5, 0.6) is 0 Å². The molecule has 0 saturated carbocycles. The highest BCUT2D eigenvalue weighted by Gasteiger charge is 2.36. The average Bonchev–Trinajstić information content (AvgIpc) is 2.32. The minimum atomic E-state index is -4.37. The van der Waals surface area contributed by atoms with E-state index in [1.54, 1.807) is 4.90 Å². The van der Waals surface area contributed by atoms with Gasteiger partial charge in [-0.25, -0.2) is 4.98 Å². The molecule has 6 heteroatoms. The average molecular weight is 259 g/mol. The fourth-order valence-electron chi connectivity index (χ4n) is 2.23. The number of alkyl halides is 3. The van der Waals surface area contributed by atoms with Crippen LogP contribution in [0.1, 0.15) is 18.9 Å². The van der Waals surface area contributed by atoms with Crippen LogP contribution in [-0.4, -0.2) is 24.1 Å². The zero-order valence-electron chi connectivity index (χ0n) is 10.1. The van der Waals surface area contributed by atoms with E-state index in [4.69, 9.17) is 5.73 Å². The zero-order valence-corrected chi connectivity index (χ0v) is 10.1. The minimum absolute atomic E-state index is 0.0174. The molecule has 0 amide bonds. The number of hydrogen-bond acceptors (Lipinski definition) is 3. The molecule has 0 aliphatic carbocycles. The maximum absolute atomic E-state index is 12.9. The molecule has 1 aliphatic rings. The second kappa shape index (κ2) is 4.76.